The van der Waals surface area contributed by atoms with Gasteiger partial charge in [0.2, 0.25) is 0 Å². The molecule has 0 aromatic carbocycles. The average molecular weight is 366 g/mol. The van der Waals surface area contributed by atoms with E-state index in [4.69, 9.17) is 9.47 Å². The smallest absolute Gasteiger partial charge is 0.350 e. The van der Waals surface area contributed by atoms with Gasteiger partial charge in [-0.05, 0) is 13.8 Å². The van der Waals surface area contributed by atoms with Gasteiger partial charge in [0, 0.05) is 6.92 Å². The maximum absolute atomic E-state index is 12.2. The number of ketones is 1. The van der Waals surface area contributed by atoms with Crippen LogP contribution in [0.25, 0.3) is 11.2 Å². The van der Waals surface area contributed by atoms with E-state index in [-0.39, 0.29) is 24.3 Å². The van der Waals surface area contributed by atoms with Crippen LogP contribution in [0, 0.1) is 0 Å². The molecule has 11 heteroatoms. The molecule has 26 heavy (non-hydrogen) atoms. The van der Waals surface area contributed by atoms with Crippen molar-refractivity contribution in [3.05, 3.63) is 23.0 Å². The molecule has 2 aromatic rings. The highest BCUT2D eigenvalue weighted by atomic mass is 16.6. The van der Waals surface area contributed by atoms with Crippen LogP contribution < -0.4 is 5.56 Å². The minimum Gasteiger partial charge on any atom is -0.463 e. The second-order valence-corrected chi connectivity index (χ2v) is 5.44. The lowest BCUT2D eigenvalue weighted by Crippen LogP contribution is -2.58. The first-order valence-corrected chi connectivity index (χ1v) is 7.68. The zero-order chi connectivity index (χ0) is 19.5. The van der Waals surface area contributed by atoms with Crippen LogP contribution in [-0.2, 0) is 30.4 Å². The van der Waals surface area contributed by atoms with Gasteiger partial charge in [-0.2, -0.15) is 0 Å². The van der Waals surface area contributed by atoms with Crippen molar-refractivity contribution in [2.75, 3.05) is 6.61 Å². The number of esters is 2. The Morgan fingerprint density at radius 3 is 2.62 bits per heavy atom. The molecule has 0 unspecified atom stereocenters. The fourth-order valence-corrected chi connectivity index (χ4v) is 2.40. The molecule has 2 atom stereocenters. The van der Waals surface area contributed by atoms with Crippen LogP contribution in [0.4, 0.5) is 0 Å². The Labute approximate surface area is 147 Å². The summed E-state index contributed by atoms with van der Waals surface area (Å²) in [5, 5.41) is 10.7. The summed E-state index contributed by atoms with van der Waals surface area (Å²) < 4.78 is 11.1. The molecule has 0 bridgehead atoms. The number of fused-ring (bicyclic) bond motifs is 1. The Kier molecular flexibility index (Phi) is 5.50. The molecule has 0 amide bonds. The van der Waals surface area contributed by atoms with E-state index < -0.39 is 35.0 Å². The maximum Gasteiger partial charge on any atom is 0.350 e. The predicted molar refractivity (Wildman–Crippen MR) is 86.0 cm³/mol. The standard InChI is InChI=1S/C15H18N4O7/c1-4-25-14(23)15(24,8(2)20)10(26-9(3)21)5-19-7-18-11-12(19)16-6-17-13(11)22/h6-7,10,24H,4-5H2,1-3H3,(H,16,17,22)/t10-,15-/m1/s1. The Morgan fingerprint density at radius 1 is 1.35 bits per heavy atom. The molecule has 0 aliphatic heterocycles. The molecule has 2 N–H and O–H groups in total. The van der Waals surface area contributed by atoms with Crippen LogP contribution in [0.1, 0.15) is 20.8 Å². The van der Waals surface area contributed by atoms with E-state index in [1.165, 1.54) is 17.8 Å². The number of Topliss-reactive ketones (excluding diaryl/α,β-unsaturated/α-hetero) is 1. The van der Waals surface area contributed by atoms with E-state index in [0.717, 1.165) is 20.2 Å². The van der Waals surface area contributed by atoms with Crippen molar-refractivity contribution in [2.45, 2.75) is 39.0 Å². The number of aromatic nitrogens is 4. The molecule has 11 nitrogen and oxygen atoms in total. The maximum atomic E-state index is 12.2. The van der Waals surface area contributed by atoms with Gasteiger partial charge in [0.05, 0.1) is 25.8 Å². The van der Waals surface area contributed by atoms with E-state index in [0.29, 0.717) is 0 Å². The number of carbonyl (C=O) groups is 3. The Morgan fingerprint density at radius 2 is 2.04 bits per heavy atom. The largest absolute Gasteiger partial charge is 0.463 e. The van der Waals surface area contributed by atoms with Crippen molar-refractivity contribution >= 4 is 28.9 Å². The molecule has 140 valence electrons. The molecule has 2 aromatic heterocycles. The number of rotatable bonds is 7. The van der Waals surface area contributed by atoms with E-state index >= 15 is 0 Å². The van der Waals surface area contributed by atoms with Crippen LogP contribution in [-0.4, -0.2) is 60.7 Å². The fraction of sp³-hybridized carbons (Fsp3) is 0.467. The first-order valence-electron chi connectivity index (χ1n) is 7.68. The topological polar surface area (TPSA) is 153 Å². The number of carbonyl (C=O) groups excluding carboxylic acids is 3. The van der Waals surface area contributed by atoms with Gasteiger partial charge in [-0.3, -0.25) is 14.4 Å². The second kappa shape index (κ2) is 7.44. The summed E-state index contributed by atoms with van der Waals surface area (Å²) in [7, 11) is 0. The van der Waals surface area contributed by atoms with Crippen molar-refractivity contribution < 1.29 is 29.0 Å². The molecular weight excluding hydrogens is 348 g/mol. The van der Waals surface area contributed by atoms with Crippen molar-refractivity contribution in [1.82, 2.24) is 19.5 Å². The summed E-state index contributed by atoms with van der Waals surface area (Å²) >= 11 is 0. The normalized spacial score (nSPS) is 14.5. The van der Waals surface area contributed by atoms with Crippen molar-refractivity contribution in [3.63, 3.8) is 0 Å². The van der Waals surface area contributed by atoms with Crippen LogP contribution in [0.5, 0.6) is 0 Å². The minimum atomic E-state index is -2.72. The molecule has 0 saturated heterocycles. The highest BCUT2D eigenvalue weighted by molar-refractivity contribution is 6.06. The van der Waals surface area contributed by atoms with Gasteiger partial charge in [0.25, 0.3) is 11.2 Å². The molecule has 0 spiro atoms. The summed E-state index contributed by atoms with van der Waals surface area (Å²) in [6, 6.07) is 0. The van der Waals surface area contributed by atoms with E-state index in [2.05, 4.69) is 15.0 Å². The first kappa shape index (κ1) is 19.2. The third-order valence-corrected chi connectivity index (χ3v) is 3.67. The van der Waals surface area contributed by atoms with Gasteiger partial charge in [-0.1, -0.05) is 0 Å². The highest BCUT2D eigenvalue weighted by Gasteiger charge is 2.52. The first-order chi connectivity index (χ1) is 12.2. The summed E-state index contributed by atoms with van der Waals surface area (Å²) in [6.07, 6.45) is 0.747. The van der Waals surface area contributed by atoms with Gasteiger partial charge < -0.3 is 24.1 Å². The lowest BCUT2D eigenvalue weighted by atomic mass is 9.92. The Bertz CT molecular complexity index is 903. The number of hydrogen-bond donors (Lipinski definition) is 2. The van der Waals surface area contributed by atoms with Gasteiger partial charge in [0.15, 0.2) is 23.1 Å². The number of nitrogens with zero attached hydrogens (tertiary/aromatic N) is 3. The van der Waals surface area contributed by atoms with E-state index in [9.17, 15) is 24.3 Å². The molecule has 0 radical (unpaired) electrons. The van der Waals surface area contributed by atoms with Gasteiger partial charge in [0.1, 0.15) is 0 Å². The third-order valence-electron chi connectivity index (χ3n) is 3.67. The van der Waals surface area contributed by atoms with Gasteiger partial charge in [-0.15, -0.1) is 0 Å². The van der Waals surface area contributed by atoms with Crippen molar-refractivity contribution in [1.29, 1.82) is 0 Å². The molecule has 2 heterocycles. The summed E-state index contributed by atoms with van der Waals surface area (Å²) in [4.78, 5) is 57.6. The average Bonchev–Trinajstić information content (AvgIpc) is 2.97. The van der Waals surface area contributed by atoms with Gasteiger partial charge >= 0.3 is 11.9 Å². The number of H-pyrrole nitrogens is 1. The molecule has 2 rings (SSSR count). The number of aliphatic hydroxyl groups is 1. The molecule has 0 fully saturated rings. The molecule has 0 saturated carbocycles. The van der Waals surface area contributed by atoms with E-state index in [1.807, 2.05) is 0 Å². The zero-order valence-electron chi connectivity index (χ0n) is 14.4. The van der Waals surface area contributed by atoms with Crippen LogP contribution >= 0.6 is 0 Å². The summed E-state index contributed by atoms with van der Waals surface area (Å²) in [5.74, 6) is -3.03. The third kappa shape index (κ3) is 3.47. The number of imidazole rings is 1. The van der Waals surface area contributed by atoms with Crippen LogP contribution in [0.15, 0.2) is 17.4 Å². The van der Waals surface area contributed by atoms with Gasteiger partial charge in [-0.25, -0.2) is 14.8 Å². The lowest BCUT2D eigenvalue weighted by molar-refractivity contribution is -0.189. The number of ether oxygens (including phenoxy) is 2. The number of hydrogen-bond acceptors (Lipinski definition) is 9. The molecule has 0 aliphatic carbocycles. The van der Waals surface area contributed by atoms with Crippen molar-refractivity contribution in [2.24, 2.45) is 0 Å². The van der Waals surface area contributed by atoms with E-state index in [1.54, 1.807) is 0 Å². The monoisotopic (exact) mass is 366 g/mol. The predicted octanol–water partition coefficient (Wildman–Crippen LogP) is -1.07. The van der Waals surface area contributed by atoms with Crippen LogP contribution in [0.3, 0.4) is 0 Å². The summed E-state index contributed by atoms with van der Waals surface area (Å²) in [6.45, 7) is 3.09. The molecule has 0 aliphatic rings. The number of nitrogens with one attached hydrogen (secondary N) is 1. The fourth-order valence-electron chi connectivity index (χ4n) is 2.40. The minimum absolute atomic E-state index is 0.0107. The quantitative estimate of drug-likeness (QED) is 0.461. The SMILES string of the molecule is CCOC(=O)[C@@](O)(C(C)=O)[C@@H](Cn1cnc2c(=O)[nH]cnc21)OC(C)=O. The molecular formula is C15H18N4O7. The highest BCUT2D eigenvalue weighted by Crippen LogP contribution is 2.21. The summed E-state index contributed by atoms with van der Waals surface area (Å²) in [5.41, 5.74) is -3.08. The Hall–Kier alpha value is -3.08. The van der Waals surface area contributed by atoms with Crippen LogP contribution in [0.2, 0.25) is 0 Å². The number of aromatic amines is 1. The van der Waals surface area contributed by atoms with Crippen molar-refractivity contribution in [3.8, 4) is 0 Å². The Balaban J connectivity index is 2.50. The lowest BCUT2D eigenvalue weighted by Gasteiger charge is -2.31. The zero-order valence-corrected chi connectivity index (χ0v) is 14.4. The second-order valence-electron chi connectivity index (χ2n) is 5.44.